The lowest BCUT2D eigenvalue weighted by Gasteiger charge is -2.26. The van der Waals surface area contributed by atoms with E-state index >= 15 is 0 Å². The van der Waals surface area contributed by atoms with Crippen molar-refractivity contribution in [2.24, 2.45) is 0 Å². The number of hydrogen-bond donors (Lipinski definition) is 1. The molecule has 0 radical (unpaired) electrons. The van der Waals surface area contributed by atoms with Gasteiger partial charge in [0, 0.05) is 61.1 Å². The molecule has 5 rings (SSSR count). The highest BCUT2D eigenvalue weighted by Crippen LogP contribution is 2.39. The van der Waals surface area contributed by atoms with Gasteiger partial charge in [-0.3, -0.25) is 0 Å². The molecule has 5 aromatic rings. The van der Waals surface area contributed by atoms with Crippen molar-refractivity contribution < 1.29 is 0 Å². The summed E-state index contributed by atoms with van der Waals surface area (Å²) in [5, 5.41) is 6.24. The average Bonchev–Trinajstić information content (AvgIpc) is 3.07. The third-order valence-electron chi connectivity index (χ3n) is 8.68. The number of fused-ring (bicyclic) bond motifs is 1. The lowest BCUT2D eigenvalue weighted by atomic mass is 9.82. The fraction of sp³-hybridized carbons (Fsp3) is 0.250. The molecule has 0 aromatic heterocycles. The van der Waals surface area contributed by atoms with E-state index in [1.807, 2.05) is 6.08 Å². The summed E-state index contributed by atoms with van der Waals surface area (Å²) in [4.78, 5) is 4.80. The molecule has 0 fully saturated rings. The molecule has 1 N–H and O–H groups in total. The van der Waals surface area contributed by atoms with Crippen molar-refractivity contribution in [3.05, 3.63) is 144 Å². The molecule has 220 valence electrons. The van der Waals surface area contributed by atoms with E-state index in [1.165, 1.54) is 44.4 Å². The molecule has 5 aromatic carbocycles. The Morgan fingerprint density at radius 3 is 1.60 bits per heavy atom. The van der Waals surface area contributed by atoms with Gasteiger partial charge in [0.2, 0.25) is 0 Å². The molecule has 0 aliphatic rings. The van der Waals surface area contributed by atoms with Gasteiger partial charge in [0.25, 0.3) is 0 Å². The molecule has 0 atom stereocenters. The quantitative estimate of drug-likeness (QED) is 0.143. The van der Waals surface area contributed by atoms with Crippen LogP contribution in [0.1, 0.15) is 61.4 Å². The Morgan fingerprint density at radius 2 is 1.12 bits per heavy atom. The van der Waals surface area contributed by atoms with Gasteiger partial charge in [-0.05, 0) is 91.2 Å². The highest BCUT2D eigenvalue weighted by atomic mass is 15.1. The molecule has 0 bridgehead atoms. The summed E-state index contributed by atoms with van der Waals surface area (Å²) < 4.78 is 0. The molecule has 0 aliphatic carbocycles. The average molecular weight is 568 g/mol. The third kappa shape index (κ3) is 6.62. The maximum absolute atomic E-state index is 3.87. The van der Waals surface area contributed by atoms with Gasteiger partial charge in [-0.25, -0.2) is 0 Å². The monoisotopic (exact) mass is 567 g/mol. The summed E-state index contributed by atoms with van der Waals surface area (Å²) >= 11 is 0. The van der Waals surface area contributed by atoms with E-state index in [1.54, 1.807) is 0 Å². The van der Waals surface area contributed by atoms with Gasteiger partial charge in [0.1, 0.15) is 0 Å². The van der Waals surface area contributed by atoms with Crippen molar-refractivity contribution in [2.45, 2.75) is 40.2 Å². The van der Waals surface area contributed by atoms with Gasteiger partial charge in [0.15, 0.2) is 0 Å². The van der Waals surface area contributed by atoms with Crippen molar-refractivity contribution in [3.8, 4) is 0 Å². The molecule has 0 heterocycles. The lowest BCUT2D eigenvalue weighted by molar-refractivity contribution is 0.863. The van der Waals surface area contributed by atoms with Crippen molar-refractivity contribution in [1.29, 1.82) is 0 Å². The number of nitrogens with one attached hydrogen (secondary N) is 1. The van der Waals surface area contributed by atoms with Gasteiger partial charge in [-0.15, -0.1) is 0 Å². The molecule has 3 nitrogen and oxygen atoms in total. The zero-order valence-corrected chi connectivity index (χ0v) is 26.2. The minimum atomic E-state index is 0.113. The van der Waals surface area contributed by atoms with E-state index in [-0.39, 0.29) is 5.92 Å². The van der Waals surface area contributed by atoms with Crippen molar-refractivity contribution in [1.82, 2.24) is 0 Å². The van der Waals surface area contributed by atoms with Crippen LogP contribution in [0.4, 0.5) is 17.1 Å². The molecule has 0 spiro atoms. The number of hydrogen-bond acceptors (Lipinski definition) is 3. The van der Waals surface area contributed by atoms with Crippen molar-refractivity contribution in [3.63, 3.8) is 0 Å². The summed E-state index contributed by atoms with van der Waals surface area (Å²) in [5.74, 6) is 0.113. The maximum atomic E-state index is 3.87. The Hall–Kier alpha value is -4.50. The summed E-state index contributed by atoms with van der Waals surface area (Å²) in [6, 6.07) is 40.4. The zero-order valence-electron chi connectivity index (χ0n) is 26.2. The summed E-state index contributed by atoms with van der Waals surface area (Å²) in [7, 11) is 0. The van der Waals surface area contributed by atoms with E-state index < -0.39 is 0 Å². The van der Waals surface area contributed by atoms with Crippen LogP contribution in [0.25, 0.3) is 16.8 Å². The van der Waals surface area contributed by atoms with Crippen LogP contribution in [-0.2, 0) is 6.54 Å². The molecule has 0 saturated heterocycles. The Morgan fingerprint density at radius 1 is 0.605 bits per heavy atom. The second-order valence-electron chi connectivity index (χ2n) is 11.0. The van der Waals surface area contributed by atoms with Crippen LogP contribution in [0.5, 0.6) is 0 Å². The first-order chi connectivity index (χ1) is 21.1. The maximum Gasteiger partial charge on any atom is 0.0422 e. The van der Waals surface area contributed by atoms with Gasteiger partial charge in [0.05, 0.1) is 0 Å². The number of anilines is 3. The second-order valence-corrected chi connectivity index (χ2v) is 11.0. The normalized spacial score (nSPS) is 11.1. The Labute approximate surface area is 258 Å². The van der Waals surface area contributed by atoms with Crippen LogP contribution < -0.4 is 15.1 Å². The third-order valence-corrected chi connectivity index (χ3v) is 8.68. The topological polar surface area (TPSA) is 18.5 Å². The fourth-order valence-corrected chi connectivity index (χ4v) is 6.18. The van der Waals surface area contributed by atoms with Gasteiger partial charge >= 0.3 is 0 Å². The number of nitrogens with zero attached hydrogens (tertiary/aromatic N) is 2. The van der Waals surface area contributed by atoms with Crippen LogP contribution in [0.3, 0.4) is 0 Å². The van der Waals surface area contributed by atoms with Crippen molar-refractivity contribution in [2.75, 3.05) is 41.3 Å². The van der Waals surface area contributed by atoms with Crippen LogP contribution >= 0.6 is 0 Å². The molecular formula is C40H45N3. The van der Waals surface area contributed by atoms with E-state index in [0.29, 0.717) is 0 Å². The molecule has 0 saturated carbocycles. The van der Waals surface area contributed by atoms with Gasteiger partial charge in [-0.1, -0.05) is 91.5 Å². The molecular weight excluding hydrogens is 522 g/mol. The smallest absolute Gasteiger partial charge is 0.0422 e. The highest BCUT2D eigenvalue weighted by Gasteiger charge is 2.21. The van der Waals surface area contributed by atoms with E-state index in [4.69, 9.17) is 0 Å². The SMILES string of the molecule is C=Cc1ccc(CNc2ccc(C(c3ccc(N(CC)CC)cc3)c3ccc(N(CC)CC)cc3)c3ccccc23)cc1. The van der Waals surface area contributed by atoms with Crippen LogP contribution in [-0.4, -0.2) is 26.2 Å². The number of rotatable bonds is 13. The highest BCUT2D eigenvalue weighted by molar-refractivity contribution is 5.97. The van der Waals surface area contributed by atoms with Crippen molar-refractivity contribution >= 4 is 33.9 Å². The predicted molar refractivity (Wildman–Crippen MR) is 189 cm³/mol. The molecule has 3 heteroatoms. The molecule has 0 unspecified atom stereocenters. The molecule has 43 heavy (non-hydrogen) atoms. The van der Waals surface area contributed by atoms with Crippen LogP contribution in [0.15, 0.2) is 116 Å². The van der Waals surface area contributed by atoms with E-state index in [0.717, 1.165) is 44.0 Å². The first-order valence-corrected chi connectivity index (χ1v) is 15.8. The summed E-state index contributed by atoms with van der Waals surface area (Å²) in [6.45, 7) is 17.5. The number of benzene rings is 5. The van der Waals surface area contributed by atoms with Crippen LogP contribution in [0.2, 0.25) is 0 Å². The largest absolute Gasteiger partial charge is 0.380 e. The van der Waals surface area contributed by atoms with E-state index in [2.05, 4.69) is 159 Å². The van der Waals surface area contributed by atoms with Crippen LogP contribution in [0, 0.1) is 0 Å². The minimum absolute atomic E-state index is 0.113. The molecule has 0 aliphatic heterocycles. The fourth-order valence-electron chi connectivity index (χ4n) is 6.18. The minimum Gasteiger partial charge on any atom is -0.380 e. The summed E-state index contributed by atoms with van der Waals surface area (Å²) in [5.41, 5.74) is 10.0. The predicted octanol–water partition coefficient (Wildman–Crippen LogP) is 9.97. The van der Waals surface area contributed by atoms with Gasteiger partial charge in [-0.2, -0.15) is 0 Å². The summed E-state index contributed by atoms with van der Waals surface area (Å²) in [6.07, 6.45) is 1.88. The lowest BCUT2D eigenvalue weighted by Crippen LogP contribution is -2.22. The second kappa shape index (κ2) is 14.1. The Kier molecular flexibility index (Phi) is 9.84. The first-order valence-electron chi connectivity index (χ1n) is 15.8. The van der Waals surface area contributed by atoms with Gasteiger partial charge < -0.3 is 15.1 Å². The molecule has 0 amide bonds. The zero-order chi connectivity index (χ0) is 30.2. The Balaban J connectivity index is 1.56. The standard InChI is InChI=1S/C40H45N3/c1-6-30-15-17-31(18-16-30)29-41-39-28-27-38(36-13-11-12-14-37(36)39)40(32-19-23-34(24-20-32)42(7-2)8-3)33-21-25-35(26-22-33)43(9-4)10-5/h6,11-28,40-41H,1,7-10,29H2,2-5H3. The first kappa shape index (κ1) is 30.0. The van der Waals surface area contributed by atoms with E-state index in [9.17, 15) is 0 Å². The Bertz CT molecular complexity index is 1550.